The lowest BCUT2D eigenvalue weighted by molar-refractivity contribution is 0.0967. The van der Waals surface area contributed by atoms with E-state index < -0.39 is 0 Å². The van der Waals surface area contributed by atoms with Crippen LogP contribution in [0, 0.1) is 9.49 Å². The summed E-state index contributed by atoms with van der Waals surface area (Å²) in [4.78, 5) is 11.5. The minimum Gasteiger partial charge on any atom is -0.294 e. The van der Waals surface area contributed by atoms with Crippen LogP contribution in [0.1, 0.15) is 71.2 Å². The van der Waals surface area contributed by atoms with Gasteiger partial charge in [-0.25, -0.2) is 0 Å². The standard InChI is InChI=1S/C10H9IO.C3H8.2C2H6/c11-9-5-3-8(4-6-9)10(12)7-1-2-7;1-3-2;2*1-2/h3-7H,1-2H2;3H2,1-2H3;2*1-2H3. The molecule has 1 saturated carbocycles. The number of carbonyl (C=O) groups excluding carboxylic acids is 1. The maximum Gasteiger partial charge on any atom is 0.165 e. The molecule has 0 saturated heterocycles. The molecule has 0 heterocycles. The normalized spacial score (nSPS) is 11.7. The molecule has 1 aliphatic carbocycles. The Hall–Kier alpha value is -0.380. The number of ketones is 1. The SMILES string of the molecule is CC.CC.CCC.O=C(c1ccc(I)cc1)C1CC1. The molecule has 110 valence electrons. The highest BCUT2D eigenvalue weighted by Gasteiger charge is 2.30. The molecule has 0 aromatic heterocycles. The van der Waals surface area contributed by atoms with E-state index in [0.29, 0.717) is 11.7 Å². The average Bonchev–Trinajstić information content (AvgIpc) is 3.29. The van der Waals surface area contributed by atoms with Gasteiger partial charge in [0.05, 0.1) is 0 Å². The molecule has 1 nitrogen and oxygen atoms in total. The average molecular weight is 376 g/mol. The van der Waals surface area contributed by atoms with Crippen LogP contribution in [0.3, 0.4) is 0 Å². The topological polar surface area (TPSA) is 17.1 Å². The fourth-order valence-corrected chi connectivity index (χ4v) is 1.55. The molecular weight excluding hydrogens is 347 g/mol. The molecule has 0 atom stereocenters. The Kier molecular flexibility index (Phi) is 15.5. The van der Waals surface area contributed by atoms with Crippen LogP contribution >= 0.6 is 22.6 Å². The van der Waals surface area contributed by atoms with Crippen molar-refractivity contribution in [1.29, 1.82) is 0 Å². The Bertz CT molecular complexity index is 313. The fourth-order valence-electron chi connectivity index (χ4n) is 1.20. The van der Waals surface area contributed by atoms with E-state index in [-0.39, 0.29) is 0 Å². The van der Waals surface area contributed by atoms with E-state index >= 15 is 0 Å². The Morgan fingerprint density at radius 1 is 1.05 bits per heavy atom. The van der Waals surface area contributed by atoms with Crippen LogP contribution in [0.2, 0.25) is 0 Å². The molecule has 0 aliphatic heterocycles. The van der Waals surface area contributed by atoms with Gasteiger partial charge >= 0.3 is 0 Å². The van der Waals surface area contributed by atoms with Crippen molar-refractivity contribution in [2.45, 2.75) is 60.8 Å². The number of carbonyl (C=O) groups is 1. The minimum atomic E-state index is 0.325. The second-order valence-electron chi connectivity index (χ2n) is 3.85. The zero-order valence-electron chi connectivity index (χ0n) is 13.3. The third-order valence-corrected chi connectivity index (χ3v) is 2.80. The lowest BCUT2D eigenvalue weighted by atomic mass is 10.1. The van der Waals surface area contributed by atoms with Crippen molar-refractivity contribution in [3.8, 4) is 0 Å². The predicted octanol–water partition coefficient (Wildman–Crippen LogP) is 6.35. The first kappa shape index (κ1) is 20.9. The second-order valence-corrected chi connectivity index (χ2v) is 5.10. The lowest BCUT2D eigenvalue weighted by Crippen LogP contribution is -2.00. The van der Waals surface area contributed by atoms with Crippen LogP contribution in [0.15, 0.2) is 24.3 Å². The Morgan fingerprint density at radius 2 is 1.42 bits per heavy atom. The van der Waals surface area contributed by atoms with E-state index in [9.17, 15) is 4.79 Å². The molecule has 0 unspecified atom stereocenters. The Morgan fingerprint density at radius 3 is 1.74 bits per heavy atom. The minimum absolute atomic E-state index is 0.325. The summed E-state index contributed by atoms with van der Waals surface area (Å²) in [6.45, 7) is 12.2. The first-order valence-electron chi connectivity index (χ1n) is 7.48. The highest BCUT2D eigenvalue weighted by Crippen LogP contribution is 2.32. The predicted molar refractivity (Wildman–Crippen MR) is 94.9 cm³/mol. The smallest absolute Gasteiger partial charge is 0.165 e. The van der Waals surface area contributed by atoms with Gasteiger partial charge in [-0.15, -0.1) is 0 Å². The number of benzene rings is 1. The molecule has 0 spiro atoms. The van der Waals surface area contributed by atoms with Crippen molar-refractivity contribution in [3.05, 3.63) is 33.4 Å². The van der Waals surface area contributed by atoms with Crippen LogP contribution in [0.4, 0.5) is 0 Å². The van der Waals surface area contributed by atoms with Gasteiger partial charge in [-0.2, -0.15) is 0 Å². The van der Waals surface area contributed by atoms with Gasteiger partial charge in [0.1, 0.15) is 0 Å². The van der Waals surface area contributed by atoms with E-state index in [1.807, 2.05) is 52.0 Å². The molecule has 2 rings (SSSR count). The van der Waals surface area contributed by atoms with Gasteiger partial charge in [0, 0.05) is 15.1 Å². The zero-order valence-corrected chi connectivity index (χ0v) is 15.5. The quantitative estimate of drug-likeness (QED) is 0.434. The van der Waals surface area contributed by atoms with E-state index in [1.165, 1.54) is 9.99 Å². The largest absolute Gasteiger partial charge is 0.294 e. The summed E-state index contributed by atoms with van der Waals surface area (Å²) >= 11 is 2.24. The van der Waals surface area contributed by atoms with Gasteiger partial charge < -0.3 is 0 Å². The zero-order chi connectivity index (χ0) is 15.3. The molecule has 0 N–H and O–H groups in total. The third-order valence-electron chi connectivity index (χ3n) is 2.08. The monoisotopic (exact) mass is 376 g/mol. The summed E-state index contributed by atoms with van der Waals surface area (Å²) in [7, 11) is 0. The van der Waals surface area contributed by atoms with Crippen molar-refractivity contribution >= 4 is 28.4 Å². The summed E-state index contributed by atoms with van der Waals surface area (Å²) in [6.07, 6.45) is 3.43. The van der Waals surface area contributed by atoms with Crippen LogP contribution in [0.5, 0.6) is 0 Å². The molecule has 0 amide bonds. The first-order chi connectivity index (χ1) is 9.19. The van der Waals surface area contributed by atoms with Gasteiger partial charge in [-0.05, 0) is 47.6 Å². The van der Waals surface area contributed by atoms with Gasteiger partial charge in [-0.3, -0.25) is 4.79 Å². The molecule has 1 aromatic rings. The molecular formula is C17H29IO. The van der Waals surface area contributed by atoms with Crippen molar-refractivity contribution in [3.63, 3.8) is 0 Å². The number of halogens is 1. The molecule has 1 aromatic carbocycles. The van der Waals surface area contributed by atoms with Gasteiger partial charge in [0.2, 0.25) is 0 Å². The van der Waals surface area contributed by atoms with Gasteiger partial charge in [-0.1, -0.05) is 60.1 Å². The van der Waals surface area contributed by atoms with Crippen LogP contribution < -0.4 is 0 Å². The summed E-state index contributed by atoms with van der Waals surface area (Å²) in [5.74, 6) is 0.663. The summed E-state index contributed by atoms with van der Waals surface area (Å²) < 4.78 is 1.18. The second kappa shape index (κ2) is 14.0. The molecule has 19 heavy (non-hydrogen) atoms. The van der Waals surface area contributed by atoms with Crippen molar-refractivity contribution in [2.75, 3.05) is 0 Å². The summed E-state index contributed by atoms with van der Waals surface area (Å²) in [6, 6.07) is 7.80. The maximum atomic E-state index is 11.5. The molecule has 0 radical (unpaired) electrons. The van der Waals surface area contributed by atoms with E-state index in [4.69, 9.17) is 0 Å². The number of Topliss-reactive ketones (excluding diaryl/α,β-unsaturated/α-hetero) is 1. The van der Waals surface area contributed by atoms with Crippen molar-refractivity contribution < 1.29 is 4.79 Å². The lowest BCUT2D eigenvalue weighted by Gasteiger charge is -1.97. The van der Waals surface area contributed by atoms with E-state index in [0.717, 1.165) is 18.4 Å². The molecule has 1 fully saturated rings. The Labute approximate surface area is 133 Å². The summed E-state index contributed by atoms with van der Waals surface area (Å²) in [5.41, 5.74) is 0.873. The third kappa shape index (κ3) is 10.1. The molecule has 1 aliphatic rings. The highest BCUT2D eigenvalue weighted by atomic mass is 127. The first-order valence-corrected chi connectivity index (χ1v) is 8.56. The number of hydrogen-bond donors (Lipinski definition) is 0. The Balaban J connectivity index is 0. The summed E-state index contributed by atoms with van der Waals surface area (Å²) in [5, 5.41) is 0. The number of hydrogen-bond acceptors (Lipinski definition) is 1. The van der Waals surface area contributed by atoms with Crippen LogP contribution in [0.25, 0.3) is 0 Å². The van der Waals surface area contributed by atoms with Crippen LogP contribution in [-0.4, -0.2) is 5.78 Å². The maximum absolute atomic E-state index is 11.5. The van der Waals surface area contributed by atoms with Gasteiger partial charge in [0.25, 0.3) is 0 Å². The highest BCUT2D eigenvalue weighted by molar-refractivity contribution is 14.1. The molecule has 0 bridgehead atoms. The van der Waals surface area contributed by atoms with Crippen molar-refractivity contribution in [2.24, 2.45) is 5.92 Å². The van der Waals surface area contributed by atoms with Crippen LogP contribution in [-0.2, 0) is 0 Å². The van der Waals surface area contributed by atoms with Gasteiger partial charge in [0.15, 0.2) is 5.78 Å². The molecule has 2 heteroatoms. The van der Waals surface area contributed by atoms with E-state index in [2.05, 4.69) is 36.4 Å². The number of rotatable bonds is 2. The fraction of sp³-hybridized carbons (Fsp3) is 0.588. The van der Waals surface area contributed by atoms with E-state index in [1.54, 1.807) is 0 Å². The van der Waals surface area contributed by atoms with Crippen molar-refractivity contribution in [1.82, 2.24) is 0 Å².